The highest BCUT2D eigenvalue weighted by Gasteiger charge is 2.41. The Kier molecular flexibility index (Phi) is 5.58. The van der Waals surface area contributed by atoms with Crippen molar-refractivity contribution in [3.63, 3.8) is 0 Å². The van der Waals surface area contributed by atoms with Crippen molar-refractivity contribution < 1.29 is 19.4 Å². The van der Waals surface area contributed by atoms with Crippen molar-refractivity contribution in [1.29, 1.82) is 0 Å². The number of nitrogens with zero attached hydrogens (tertiary/aromatic N) is 2. The zero-order valence-electron chi connectivity index (χ0n) is 12.8. The van der Waals surface area contributed by atoms with Crippen molar-refractivity contribution >= 4 is 11.9 Å². The molecule has 21 heavy (non-hydrogen) atoms. The van der Waals surface area contributed by atoms with Crippen LogP contribution in [0.3, 0.4) is 0 Å². The number of aliphatic carboxylic acids is 1. The maximum atomic E-state index is 12.3. The predicted octanol–water partition coefficient (Wildman–Crippen LogP) is 0.955. The molecule has 1 N–H and O–H groups in total. The fourth-order valence-electron chi connectivity index (χ4n) is 3.13. The minimum Gasteiger partial charge on any atom is -0.480 e. The van der Waals surface area contributed by atoms with E-state index in [4.69, 9.17) is 9.84 Å². The van der Waals surface area contributed by atoms with Gasteiger partial charge in [0.15, 0.2) is 0 Å². The van der Waals surface area contributed by atoms with E-state index in [0.29, 0.717) is 19.6 Å². The van der Waals surface area contributed by atoms with Crippen molar-refractivity contribution in [3.05, 3.63) is 0 Å². The molecule has 2 heterocycles. The molecule has 2 saturated heterocycles. The second-order valence-corrected chi connectivity index (χ2v) is 6.43. The molecule has 1 amide bonds. The van der Waals surface area contributed by atoms with Crippen LogP contribution in [-0.4, -0.2) is 71.7 Å². The van der Waals surface area contributed by atoms with Crippen molar-refractivity contribution in [2.24, 2.45) is 0 Å². The third kappa shape index (κ3) is 4.97. The molecule has 0 radical (unpaired) electrons. The molecule has 6 nitrogen and oxygen atoms in total. The highest BCUT2D eigenvalue weighted by molar-refractivity contribution is 5.78. The second kappa shape index (κ2) is 7.22. The molecule has 2 aliphatic heterocycles. The minimum absolute atomic E-state index is 0.192. The topological polar surface area (TPSA) is 70.1 Å². The van der Waals surface area contributed by atoms with Crippen LogP contribution in [0.5, 0.6) is 0 Å². The summed E-state index contributed by atoms with van der Waals surface area (Å²) in [6.45, 7) is 5.04. The molecule has 0 aliphatic carbocycles. The van der Waals surface area contributed by atoms with Gasteiger partial charge in [-0.3, -0.25) is 9.69 Å². The quantitative estimate of drug-likeness (QED) is 0.818. The summed E-state index contributed by atoms with van der Waals surface area (Å²) in [5.74, 6) is -0.761. The molecule has 0 bridgehead atoms. The van der Waals surface area contributed by atoms with Gasteiger partial charge >= 0.3 is 5.97 Å². The van der Waals surface area contributed by atoms with Gasteiger partial charge in [0, 0.05) is 26.2 Å². The summed E-state index contributed by atoms with van der Waals surface area (Å²) in [5, 5.41) is 8.63. The molecule has 2 fully saturated rings. The van der Waals surface area contributed by atoms with E-state index in [9.17, 15) is 9.59 Å². The van der Waals surface area contributed by atoms with Crippen LogP contribution in [0.25, 0.3) is 0 Å². The standard InChI is InChI=1S/C15H26N2O4/c1-15(21-10-14(19)20)11-16(12-15)9-13(18)17-7-5-3-2-4-6-8-17/h2-12H2,1H3,(H,19,20). The lowest BCUT2D eigenvalue weighted by atomic mass is 9.96. The molecule has 0 unspecified atom stereocenters. The molecule has 2 rings (SSSR count). The van der Waals surface area contributed by atoms with Gasteiger partial charge in [-0.1, -0.05) is 19.3 Å². The maximum Gasteiger partial charge on any atom is 0.329 e. The Bertz CT molecular complexity index is 372. The molecule has 0 aromatic rings. The number of carbonyl (C=O) groups is 2. The lowest BCUT2D eigenvalue weighted by molar-refractivity contribution is -0.167. The summed E-state index contributed by atoms with van der Waals surface area (Å²) in [4.78, 5) is 26.8. The van der Waals surface area contributed by atoms with Gasteiger partial charge in [0.1, 0.15) is 6.61 Å². The van der Waals surface area contributed by atoms with Crippen LogP contribution in [0.15, 0.2) is 0 Å². The summed E-state index contributed by atoms with van der Waals surface area (Å²) in [6, 6.07) is 0. The second-order valence-electron chi connectivity index (χ2n) is 6.43. The van der Waals surface area contributed by atoms with Crippen LogP contribution >= 0.6 is 0 Å². The molecule has 0 saturated carbocycles. The van der Waals surface area contributed by atoms with Gasteiger partial charge in [-0.2, -0.15) is 0 Å². The molecule has 0 atom stereocenters. The molecular weight excluding hydrogens is 272 g/mol. The van der Waals surface area contributed by atoms with Gasteiger partial charge in [-0.05, 0) is 19.8 Å². The van der Waals surface area contributed by atoms with Crippen LogP contribution in [0.2, 0.25) is 0 Å². The summed E-state index contributed by atoms with van der Waals surface area (Å²) in [6.07, 6.45) is 5.92. The van der Waals surface area contributed by atoms with E-state index >= 15 is 0 Å². The number of carboxylic acids is 1. The molecule has 2 aliphatic rings. The van der Waals surface area contributed by atoms with Gasteiger partial charge < -0.3 is 14.7 Å². The maximum absolute atomic E-state index is 12.3. The van der Waals surface area contributed by atoms with Crippen molar-refractivity contribution in [3.8, 4) is 0 Å². The molecule has 120 valence electrons. The summed E-state index contributed by atoms with van der Waals surface area (Å²) in [7, 11) is 0. The number of hydrogen-bond acceptors (Lipinski definition) is 4. The average Bonchev–Trinajstić information content (AvgIpc) is 2.34. The van der Waals surface area contributed by atoms with Crippen LogP contribution in [0, 0.1) is 0 Å². The highest BCUT2D eigenvalue weighted by Crippen LogP contribution is 2.24. The summed E-state index contributed by atoms with van der Waals surface area (Å²) >= 11 is 0. The Balaban J connectivity index is 1.70. The fraction of sp³-hybridized carbons (Fsp3) is 0.867. The predicted molar refractivity (Wildman–Crippen MR) is 78.1 cm³/mol. The van der Waals surface area contributed by atoms with E-state index in [2.05, 4.69) is 0 Å². The number of hydrogen-bond donors (Lipinski definition) is 1. The third-order valence-electron chi connectivity index (χ3n) is 4.23. The Morgan fingerprint density at radius 3 is 2.24 bits per heavy atom. The largest absolute Gasteiger partial charge is 0.480 e. The molecule has 0 aromatic carbocycles. The molecular formula is C15H26N2O4. The zero-order valence-corrected chi connectivity index (χ0v) is 12.8. The van der Waals surface area contributed by atoms with Crippen molar-refractivity contribution in [2.75, 3.05) is 39.3 Å². The number of rotatable bonds is 5. The monoisotopic (exact) mass is 298 g/mol. The molecule has 0 spiro atoms. The van der Waals surface area contributed by atoms with Crippen LogP contribution in [0.1, 0.15) is 39.0 Å². The SMILES string of the molecule is CC1(OCC(=O)O)CN(CC(=O)N2CCCCCCC2)C1. The third-order valence-corrected chi connectivity index (χ3v) is 4.23. The lowest BCUT2D eigenvalue weighted by Crippen LogP contribution is -2.63. The molecule has 0 aromatic heterocycles. The van der Waals surface area contributed by atoms with Gasteiger partial charge in [0.2, 0.25) is 5.91 Å². The van der Waals surface area contributed by atoms with Crippen molar-refractivity contribution in [2.45, 2.75) is 44.6 Å². The van der Waals surface area contributed by atoms with E-state index in [-0.39, 0.29) is 12.5 Å². The number of amides is 1. The first-order valence-electron chi connectivity index (χ1n) is 7.84. The summed E-state index contributed by atoms with van der Waals surface area (Å²) in [5.41, 5.74) is -0.422. The highest BCUT2D eigenvalue weighted by atomic mass is 16.5. The van der Waals surface area contributed by atoms with Crippen LogP contribution in [-0.2, 0) is 14.3 Å². The Morgan fingerprint density at radius 2 is 1.67 bits per heavy atom. The Morgan fingerprint density at radius 1 is 1.10 bits per heavy atom. The first-order chi connectivity index (χ1) is 9.98. The number of ether oxygens (including phenoxy) is 1. The smallest absolute Gasteiger partial charge is 0.329 e. The average molecular weight is 298 g/mol. The van der Waals surface area contributed by atoms with Gasteiger partial charge in [-0.25, -0.2) is 4.79 Å². The van der Waals surface area contributed by atoms with E-state index in [1.54, 1.807) is 0 Å². The van der Waals surface area contributed by atoms with Gasteiger partial charge in [-0.15, -0.1) is 0 Å². The van der Waals surface area contributed by atoms with E-state index in [1.807, 2.05) is 16.7 Å². The number of likely N-dealkylation sites (tertiary alicyclic amines) is 2. The number of carbonyl (C=O) groups excluding carboxylic acids is 1. The van der Waals surface area contributed by atoms with Crippen molar-refractivity contribution in [1.82, 2.24) is 9.80 Å². The Hall–Kier alpha value is -1.14. The van der Waals surface area contributed by atoms with Crippen LogP contribution in [0.4, 0.5) is 0 Å². The van der Waals surface area contributed by atoms with E-state index in [0.717, 1.165) is 25.9 Å². The zero-order chi connectivity index (χ0) is 15.3. The normalized spacial score (nSPS) is 23.0. The minimum atomic E-state index is -0.952. The first-order valence-corrected chi connectivity index (χ1v) is 7.84. The van der Waals surface area contributed by atoms with Crippen LogP contribution < -0.4 is 0 Å². The lowest BCUT2D eigenvalue weighted by Gasteiger charge is -2.47. The van der Waals surface area contributed by atoms with E-state index in [1.165, 1.54) is 19.3 Å². The fourth-order valence-corrected chi connectivity index (χ4v) is 3.13. The summed E-state index contributed by atoms with van der Waals surface area (Å²) < 4.78 is 5.35. The van der Waals surface area contributed by atoms with Gasteiger partial charge in [0.25, 0.3) is 0 Å². The first kappa shape index (κ1) is 16.2. The number of carboxylic acid groups (broad SMARTS) is 1. The Labute approximate surface area is 126 Å². The molecule has 6 heteroatoms. The van der Waals surface area contributed by atoms with Gasteiger partial charge in [0.05, 0.1) is 12.1 Å². The van der Waals surface area contributed by atoms with E-state index < -0.39 is 11.6 Å².